The average Bonchev–Trinajstić information content (AvgIpc) is 3.31. The molecule has 1 atom stereocenters. The fourth-order valence-electron chi connectivity index (χ4n) is 3.82. The number of amides is 1. The minimum Gasteiger partial charge on any atom is -0.497 e. The molecule has 154 valence electrons. The van der Waals surface area contributed by atoms with E-state index in [4.69, 9.17) is 14.2 Å². The maximum atomic E-state index is 12.8. The van der Waals surface area contributed by atoms with Crippen LogP contribution in [0.1, 0.15) is 23.2 Å². The zero-order valence-corrected chi connectivity index (χ0v) is 16.9. The Morgan fingerprint density at radius 2 is 1.86 bits per heavy atom. The molecule has 2 saturated heterocycles. The smallest absolute Gasteiger partial charge is 0.253 e. The minimum absolute atomic E-state index is 0.0703. The van der Waals surface area contributed by atoms with Crippen LogP contribution in [0.15, 0.2) is 48.5 Å². The summed E-state index contributed by atoms with van der Waals surface area (Å²) < 4.78 is 16.7. The van der Waals surface area contributed by atoms with Gasteiger partial charge in [0.15, 0.2) is 0 Å². The van der Waals surface area contributed by atoms with Gasteiger partial charge in [0.05, 0.1) is 13.2 Å². The molecule has 2 fully saturated rings. The van der Waals surface area contributed by atoms with Crippen molar-refractivity contribution >= 4 is 11.6 Å². The Balaban J connectivity index is 1.29. The van der Waals surface area contributed by atoms with Gasteiger partial charge < -0.3 is 24.0 Å². The molecule has 6 heteroatoms. The van der Waals surface area contributed by atoms with Crippen molar-refractivity contribution in [2.75, 3.05) is 51.4 Å². The van der Waals surface area contributed by atoms with Gasteiger partial charge in [-0.25, -0.2) is 0 Å². The SMILES string of the molecule is COc1cccc(N2CCN(C(=O)c3ccc(OC[C@H]4CCCO4)cc3)CC2)c1. The van der Waals surface area contributed by atoms with Crippen molar-refractivity contribution in [2.45, 2.75) is 18.9 Å². The van der Waals surface area contributed by atoms with Gasteiger partial charge in [0.2, 0.25) is 0 Å². The number of carbonyl (C=O) groups excluding carboxylic acids is 1. The zero-order chi connectivity index (χ0) is 20.1. The first-order chi connectivity index (χ1) is 14.2. The topological polar surface area (TPSA) is 51.2 Å². The number of hydrogen-bond donors (Lipinski definition) is 0. The molecule has 6 nitrogen and oxygen atoms in total. The molecule has 29 heavy (non-hydrogen) atoms. The second-order valence-corrected chi connectivity index (χ2v) is 7.45. The van der Waals surface area contributed by atoms with E-state index in [2.05, 4.69) is 11.0 Å². The highest BCUT2D eigenvalue weighted by Crippen LogP contribution is 2.23. The molecule has 0 N–H and O–H groups in total. The first kappa shape index (κ1) is 19.6. The van der Waals surface area contributed by atoms with Crippen molar-refractivity contribution in [2.24, 2.45) is 0 Å². The lowest BCUT2D eigenvalue weighted by Gasteiger charge is -2.36. The Hall–Kier alpha value is -2.73. The van der Waals surface area contributed by atoms with E-state index in [9.17, 15) is 4.79 Å². The van der Waals surface area contributed by atoms with Gasteiger partial charge in [-0.2, -0.15) is 0 Å². The number of benzene rings is 2. The van der Waals surface area contributed by atoms with E-state index in [-0.39, 0.29) is 12.0 Å². The Labute approximate surface area is 172 Å². The number of ether oxygens (including phenoxy) is 3. The van der Waals surface area contributed by atoms with Gasteiger partial charge in [-0.3, -0.25) is 4.79 Å². The van der Waals surface area contributed by atoms with Gasteiger partial charge >= 0.3 is 0 Å². The summed E-state index contributed by atoms with van der Waals surface area (Å²) in [5, 5.41) is 0. The molecule has 2 aromatic carbocycles. The lowest BCUT2D eigenvalue weighted by molar-refractivity contribution is 0.0678. The van der Waals surface area contributed by atoms with E-state index >= 15 is 0 Å². The van der Waals surface area contributed by atoms with Crippen LogP contribution in [0.2, 0.25) is 0 Å². The molecule has 0 aromatic heterocycles. The minimum atomic E-state index is 0.0703. The van der Waals surface area contributed by atoms with Crippen LogP contribution >= 0.6 is 0 Å². The fourth-order valence-corrected chi connectivity index (χ4v) is 3.82. The lowest BCUT2D eigenvalue weighted by Crippen LogP contribution is -2.48. The van der Waals surface area contributed by atoms with Crippen LogP contribution in [0.4, 0.5) is 5.69 Å². The Morgan fingerprint density at radius 3 is 2.55 bits per heavy atom. The van der Waals surface area contributed by atoms with Gasteiger partial charge in [0.25, 0.3) is 5.91 Å². The fraction of sp³-hybridized carbons (Fsp3) is 0.435. The average molecular weight is 396 g/mol. The molecule has 0 saturated carbocycles. The number of rotatable bonds is 6. The number of methoxy groups -OCH3 is 1. The van der Waals surface area contributed by atoms with Gasteiger partial charge in [0, 0.05) is 50.1 Å². The van der Waals surface area contributed by atoms with Crippen LogP contribution in [0.25, 0.3) is 0 Å². The van der Waals surface area contributed by atoms with Crippen molar-refractivity contribution in [3.8, 4) is 11.5 Å². The van der Waals surface area contributed by atoms with Crippen LogP contribution < -0.4 is 14.4 Å². The Bertz CT molecular complexity index is 810. The third-order valence-corrected chi connectivity index (χ3v) is 5.55. The number of carbonyl (C=O) groups is 1. The van der Waals surface area contributed by atoms with Gasteiger partial charge in [0.1, 0.15) is 18.1 Å². The number of piperazine rings is 1. The third kappa shape index (κ3) is 4.82. The highest BCUT2D eigenvalue weighted by Gasteiger charge is 2.23. The number of nitrogens with zero attached hydrogens (tertiary/aromatic N) is 2. The summed E-state index contributed by atoms with van der Waals surface area (Å²) in [5.74, 6) is 1.70. The predicted octanol–water partition coefficient (Wildman–Crippen LogP) is 3.22. The normalized spacial score (nSPS) is 19.3. The summed E-state index contributed by atoms with van der Waals surface area (Å²) in [5.41, 5.74) is 1.83. The Kier molecular flexibility index (Phi) is 6.20. The van der Waals surface area contributed by atoms with Crippen LogP contribution in [0.3, 0.4) is 0 Å². The first-order valence-corrected chi connectivity index (χ1v) is 10.3. The van der Waals surface area contributed by atoms with Crippen LogP contribution in [-0.2, 0) is 4.74 Å². The molecule has 0 spiro atoms. The van der Waals surface area contributed by atoms with E-state index < -0.39 is 0 Å². The third-order valence-electron chi connectivity index (χ3n) is 5.55. The maximum absolute atomic E-state index is 12.8. The molecule has 0 radical (unpaired) electrons. The highest BCUT2D eigenvalue weighted by molar-refractivity contribution is 5.94. The summed E-state index contributed by atoms with van der Waals surface area (Å²) in [6.45, 7) is 4.41. The van der Waals surface area contributed by atoms with Crippen LogP contribution in [0.5, 0.6) is 11.5 Å². The molecule has 0 aliphatic carbocycles. The van der Waals surface area contributed by atoms with E-state index in [1.54, 1.807) is 7.11 Å². The van der Waals surface area contributed by atoms with Crippen molar-refractivity contribution in [3.05, 3.63) is 54.1 Å². The molecular formula is C23H28N2O4. The molecule has 4 rings (SSSR count). The molecule has 1 amide bonds. The molecule has 2 heterocycles. The number of anilines is 1. The monoisotopic (exact) mass is 396 g/mol. The summed E-state index contributed by atoms with van der Waals surface area (Å²) >= 11 is 0. The molecular weight excluding hydrogens is 368 g/mol. The highest BCUT2D eigenvalue weighted by atomic mass is 16.5. The largest absolute Gasteiger partial charge is 0.497 e. The van der Waals surface area contributed by atoms with Crippen molar-refractivity contribution in [3.63, 3.8) is 0 Å². The second kappa shape index (κ2) is 9.18. The quantitative estimate of drug-likeness (QED) is 0.751. The summed E-state index contributed by atoms with van der Waals surface area (Å²) in [6, 6.07) is 15.5. The summed E-state index contributed by atoms with van der Waals surface area (Å²) in [7, 11) is 1.68. The van der Waals surface area contributed by atoms with Gasteiger partial charge in [-0.15, -0.1) is 0 Å². The second-order valence-electron chi connectivity index (χ2n) is 7.45. The molecule has 0 bridgehead atoms. The van der Waals surface area contributed by atoms with E-state index in [0.717, 1.165) is 49.7 Å². The van der Waals surface area contributed by atoms with Crippen LogP contribution in [0, 0.1) is 0 Å². The number of hydrogen-bond acceptors (Lipinski definition) is 5. The van der Waals surface area contributed by atoms with E-state index in [1.807, 2.05) is 47.4 Å². The lowest BCUT2D eigenvalue weighted by atomic mass is 10.1. The maximum Gasteiger partial charge on any atom is 0.253 e. The van der Waals surface area contributed by atoms with Gasteiger partial charge in [-0.05, 0) is 49.2 Å². The summed E-state index contributed by atoms with van der Waals surface area (Å²) in [6.07, 6.45) is 2.35. The van der Waals surface area contributed by atoms with Gasteiger partial charge in [-0.1, -0.05) is 6.07 Å². The molecule has 2 aliphatic rings. The van der Waals surface area contributed by atoms with Crippen molar-refractivity contribution in [1.29, 1.82) is 0 Å². The van der Waals surface area contributed by atoms with E-state index in [0.29, 0.717) is 25.3 Å². The van der Waals surface area contributed by atoms with E-state index in [1.165, 1.54) is 0 Å². The molecule has 2 aliphatic heterocycles. The predicted molar refractivity (Wildman–Crippen MR) is 112 cm³/mol. The van der Waals surface area contributed by atoms with Crippen LogP contribution in [-0.4, -0.2) is 63.4 Å². The zero-order valence-electron chi connectivity index (χ0n) is 16.9. The molecule has 2 aromatic rings. The molecule has 0 unspecified atom stereocenters. The van der Waals surface area contributed by atoms with Crippen molar-refractivity contribution in [1.82, 2.24) is 4.90 Å². The standard InChI is InChI=1S/C23H28N2O4/c1-27-21-5-2-4-19(16-21)24-11-13-25(14-12-24)23(26)18-7-9-20(10-8-18)29-17-22-6-3-15-28-22/h2,4-5,7-10,16,22H,3,6,11-15,17H2,1H3/t22-/m1/s1. The Morgan fingerprint density at radius 1 is 1.07 bits per heavy atom. The first-order valence-electron chi connectivity index (χ1n) is 10.3. The summed E-state index contributed by atoms with van der Waals surface area (Å²) in [4.78, 5) is 17.0. The van der Waals surface area contributed by atoms with Crippen molar-refractivity contribution < 1.29 is 19.0 Å².